The average Bonchev–Trinajstić information content (AvgIpc) is 2.76. The zero-order chi connectivity index (χ0) is 13.4. The van der Waals surface area contributed by atoms with Crippen LogP contribution in [-0.2, 0) is 4.74 Å². The number of hydrogen-bond acceptors (Lipinski definition) is 3. The molecule has 2 fully saturated rings. The van der Waals surface area contributed by atoms with Crippen molar-refractivity contribution in [3.63, 3.8) is 0 Å². The summed E-state index contributed by atoms with van der Waals surface area (Å²) in [5.41, 5.74) is 0.435. The first kappa shape index (κ1) is 12.6. The summed E-state index contributed by atoms with van der Waals surface area (Å²) in [5, 5.41) is 0. The number of fused-ring (bicyclic) bond motifs is 2. The molecule has 19 heavy (non-hydrogen) atoms. The first-order valence-electron chi connectivity index (χ1n) is 6.70. The molecule has 3 nitrogen and oxygen atoms in total. The van der Waals surface area contributed by atoms with Crippen LogP contribution in [-0.4, -0.2) is 25.1 Å². The van der Waals surface area contributed by atoms with Crippen molar-refractivity contribution in [2.75, 3.05) is 7.11 Å². The fraction of sp³-hybridized carbons (Fsp3) is 0.533. The Morgan fingerprint density at radius 3 is 2.58 bits per heavy atom. The van der Waals surface area contributed by atoms with Gasteiger partial charge in [-0.05, 0) is 43.9 Å². The van der Waals surface area contributed by atoms with Gasteiger partial charge in [0.15, 0.2) is 17.3 Å². The predicted octanol–water partition coefficient (Wildman–Crippen LogP) is 2.97. The van der Waals surface area contributed by atoms with Gasteiger partial charge in [0.1, 0.15) is 0 Å². The Morgan fingerprint density at radius 2 is 2.00 bits per heavy atom. The Labute approximate surface area is 111 Å². The molecule has 0 aliphatic carbocycles. The minimum atomic E-state index is -0.483. The predicted molar refractivity (Wildman–Crippen MR) is 67.9 cm³/mol. The van der Waals surface area contributed by atoms with Gasteiger partial charge in [-0.25, -0.2) is 4.39 Å². The molecule has 0 saturated carbocycles. The maximum Gasteiger partial charge on any atom is 0.166 e. The minimum Gasteiger partial charge on any atom is -0.494 e. The normalized spacial score (nSPS) is 29.3. The second-order valence-corrected chi connectivity index (χ2v) is 5.34. The van der Waals surface area contributed by atoms with Crippen molar-refractivity contribution < 1.29 is 18.7 Å². The molecule has 2 aliphatic heterocycles. The van der Waals surface area contributed by atoms with Gasteiger partial charge in [0.2, 0.25) is 0 Å². The van der Waals surface area contributed by atoms with E-state index < -0.39 is 5.82 Å². The van der Waals surface area contributed by atoms with Crippen LogP contribution in [0.5, 0.6) is 5.75 Å². The summed E-state index contributed by atoms with van der Waals surface area (Å²) >= 11 is 0. The fourth-order valence-electron chi connectivity index (χ4n) is 3.13. The lowest BCUT2D eigenvalue weighted by atomic mass is 9.88. The number of carbonyl (C=O) groups is 1. The molecule has 0 spiro atoms. The van der Waals surface area contributed by atoms with Gasteiger partial charge in [-0.3, -0.25) is 4.79 Å². The topological polar surface area (TPSA) is 35.5 Å². The number of benzene rings is 1. The van der Waals surface area contributed by atoms with Crippen molar-refractivity contribution in [2.24, 2.45) is 5.92 Å². The summed E-state index contributed by atoms with van der Waals surface area (Å²) in [5.74, 6) is -0.312. The second-order valence-electron chi connectivity index (χ2n) is 5.34. The largest absolute Gasteiger partial charge is 0.494 e. The minimum absolute atomic E-state index is 0.0287. The molecule has 2 aliphatic rings. The maximum atomic E-state index is 13.6. The molecule has 2 saturated heterocycles. The van der Waals surface area contributed by atoms with Crippen LogP contribution in [0.15, 0.2) is 18.2 Å². The van der Waals surface area contributed by atoms with Gasteiger partial charge in [0.25, 0.3) is 0 Å². The van der Waals surface area contributed by atoms with E-state index in [4.69, 9.17) is 9.47 Å². The zero-order valence-electron chi connectivity index (χ0n) is 10.9. The summed E-state index contributed by atoms with van der Waals surface area (Å²) in [6.07, 6.45) is 4.06. The Kier molecular flexibility index (Phi) is 3.27. The smallest absolute Gasteiger partial charge is 0.166 e. The van der Waals surface area contributed by atoms with E-state index in [9.17, 15) is 9.18 Å². The van der Waals surface area contributed by atoms with E-state index in [1.807, 2.05) is 0 Å². The molecule has 102 valence electrons. The highest BCUT2D eigenvalue weighted by Gasteiger charge is 2.38. The third-order valence-corrected chi connectivity index (χ3v) is 4.10. The summed E-state index contributed by atoms with van der Waals surface area (Å²) < 4.78 is 24.2. The van der Waals surface area contributed by atoms with Gasteiger partial charge in [-0.15, -0.1) is 0 Å². The number of ketones is 1. The van der Waals surface area contributed by atoms with E-state index in [2.05, 4.69) is 0 Å². The summed E-state index contributed by atoms with van der Waals surface area (Å²) in [6, 6.07) is 4.43. The van der Waals surface area contributed by atoms with Crippen LogP contribution >= 0.6 is 0 Å². The number of rotatable bonds is 3. The van der Waals surface area contributed by atoms with E-state index in [0.717, 1.165) is 25.7 Å². The number of carbonyl (C=O) groups excluding carboxylic acids is 1. The summed E-state index contributed by atoms with van der Waals surface area (Å²) in [7, 11) is 1.41. The molecule has 1 aromatic rings. The Balaban J connectivity index is 1.78. The van der Waals surface area contributed by atoms with Gasteiger partial charge in [0, 0.05) is 11.5 Å². The maximum absolute atomic E-state index is 13.6. The molecule has 0 radical (unpaired) electrons. The number of ether oxygens (including phenoxy) is 2. The fourth-order valence-corrected chi connectivity index (χ4v) is 3.13. The number of Topliss-reactive ketones (excluding diaryl/α,β-unsaturated/α-hetero) is 1. The van der Waals surface area contributed by atoms with Crippen molar-refractivity contribution in [3.8, 4) is 5.75 Å². The van der Waals surface area contributed by atoms with Gasteiger partial charge >= 0.3 is 0 Å². The molecular weight excluding hydrogens is 247 g/mol. The molecule has 2 unspecified atom stereocenters. The van der Waals surface area contributed by atoms with Crippen LogP contribution in [0.1, 0.15) is 36.0 Å². The first-order valence-corrected chi connectivity index (χ1v) is 6.70. The van der Waals surface area contributed by atoms with Crippen molar-refractivity contribution >= 4 is 5.78 Å². The molecule has 0 amide bonds. The van der Waals surface area contributed by atoms with E-state index in [0.29, 0.717) is 5.56 Å². The van der Waals surface area contributed by atoms with Crippen LogP contribution in [0.25, 0.3) is 0 Å². The van der Waals surface area contributed by atoms with Gasteiger partial charge < -0.3 is 9.47 Å². The van der Waals surface area contributed by atoms with Crippen molar-refractivity contribution in [3.05, 3.63) is 29.6 Å². The third-order valence-electron chi connectivity index (χ3n) is 4.10. The van der Waals surface area contributed by atoms with E-state index >= 15 is 0 Å². The molecule has 4 heteroatoms. The molecule has 1 aromatic carbocycles. The lowest BCUT2D eigenvalue weighted by molar-refractivity contribution is -0.0149. The molecule has 2 heterocycles. The van der Waals surface area contributed by atoms with Crippen LogP contribution in [0.2, 0.25) is 0 Å². The number of hydrogen-bond donors (Lipinski definition) is 0. The highest BCUT2D eigenvalue weighted by Crippen LogP contribution is 2.37. The van der Waals surface area contributed by atoms with Crippen LogP contribution in [0.4, 0.5) is 4.39 Å². The molecule has 3 rings (SSSR count). The molecule has 0 aromatic heterocycles. The second kappa shape index (κ2) is 4.93. The monoisotopic (exact) mass is 264 g/mol. The zero-order valence-corrected chi connectivity index (χ0v) is 10.9. The molecule has 2 atom stereocenters. The standard InChI is InChI=1S/C15H17FO3/c1-18-14-5-2-9(8-13(14)16)15(17)10-6-11-3-4-12(7-10)19-11/h2,5,8,10-12H,3-4,6-7H2,1H3. The quantitative estimate of drug-likeness (QED) is 0.787. The SMILES string of the molecule is COc1ccc(C(=O)C2CC3CCC(C2)O3)cc1F. The molecule has 0 N–H and O–H groups in total. The van der Waals surface area contributed by atoms with Crippen LogP contribution in [0.3, 0.4) is 0 Å². The van der Waals surface area contributed by atoms with E-state index in [1.165, 1.54) is 19.2 Å². The lowest BCUT2D eigenvalue weighted by Gasteiger charge is -2.27. The number of halogens is 1. The van der Waals surface area contributed by atoms with Crippen molar-refractivity contribution in [2.45, 2.75) is 37.9 Å². The van der Waals surface area contributed by atoms with Crippen LogP contribution < -0.4 is 4.74 Å². The van der Waals surface area contributed by atoms with Gasteiger partial charge in [-0.1, -0.05) is 0 Å². The highest BCUT2D eigenvalue weighted by molar-refractivity contribution is 5.98. The first-order chi connectivity index (χ1) is 9.17. The molecular formula is C15H17FO3. The Bertz CT molecular complexity index is 488. The van der Waals surface area contributed by atoms with Gasteiger partial charge in [0.05, 0.1) is 19.3 Å². The lowest BCUT2D eigenvalue weighted by Crippen LogP contribution is -2.30. The highest BCUT2D eigenvalue weighted by atomic mass is 19.1. The van der Waals surface area contributed by atoms with Gasteiger partial charge in [-0.2, -0.15) is 0 Å². The van der Waals surface area contributed by atoms with Crippen LogP contribution in [0, 0.1) is 11.7 Å². The summed E-state index contributed by atoms with van der Waals surface area (Å²) in [6.45, 7) is 0. The Hall–Kier alpha value is -1.42. The average molecular weight is 264 g/mol. The van der Waals surface area contributed by atoms with Crippen molar-refractivity contribution in [1.29, 1.82) is 0 Å². The third kappa shape index (κ3) is 2.37. The van der Waals surface area contributed by atoms with E-state index in [-0.39, 0.29) is 29.7 Å². The summed E-state index contributed by atoms with van der Waals surface area (Å²) in [4.78, 5) is 12.4. The van der Waals surface area contributed by atoms with E-state index in [1.54, 1.807) is 6.07 Å². The number of methoxy groups -OCH3 is 1. The Morgan fingerprint density at radius 1 is 1.32 bits per heavy atom. The van der Waals surface area contributed by atoms with Crippen molar-refractivity contribution in [1.82, 2.24) is 0 Å². The molecule has 2 bridgehead atoms.